The summed E-state index contributed by atoms with van der Waals surface area (Å²) in [6, 6.07) is 5.06. The zero-order valence-corrected chi connectivity index (χ0v) is 11.6. The van der Waals surface area contributed by atoms with E-state index in [1.54, 1.807) is 6.07 Å². The van der Waals surface area contributed by atoms with Crippen molar-refractivity contribution >= 4 is 15.9 Å². The molecule has 1 aromatic carbocycles. The van der Waals surface area contributed by atoms with Crippen LogP contribution in [0.1, 0.15) is 30.9 Å². The average Bonchev–Trinajstić information content (AvgIpc) is 2.44. The fourth-order valence-electron chi connectivity index (χ4n) is 2.57. The predicted molar refractivity (Wildman–Crippen MR) is 71.3 cm³/mol. The maximum absolute atomic E-state index is 13.9. The number of benzene rings is 1. The molecule has 0 amide bonds. The molecule has 1 heterocycles. The molecule has 2 atom stereocenters. The topological polar surface area (TPSA) is 29.3 Å². The largest absolute Gasteiger partial charge is 0.326 e. The third-order valence-corrected chi connectivity index (χ3v) is 3.95. The first-order chi connectivity index (χ1) is 8.09. The summed E-state index contributed by atoms with van der Waals surface area (Å²) >= 11 is 3.40. The number of rotatable bonds is 1. The van der Waals surface area contributed by atoms with Crippen LogP contribution >= 0.6 is 15.9 Å². The summed E-state index contributed by atoms with van der Waals surface area (Å²) < 4.78 is 14.8. The highest BCUT2D eigenvalue weighted by Gasteiger charge is 2.28. The van der Waals surface area contributed by atoms with Crippen molar-refractivity contribution in [3.8, 4) is 0 Å². The van der Waals surface area contributed by atoms with Gasteiger partial charge in [-0.3, -0.25) is 4.90 Å². The van der Waals surface area contributed by atoms with E-state index >= 15 is 0 Å². The Morgan fingerprint density at radius 2 is 2.18 bits per heavy atom. The Kier molecular flexibility index (Phi) is 4.17. The summed E-state index contributed by atoms with van der Waals surface area (Å²) in [6.45, 7) is 0.977. The van der Waals surface area contributed by atoms with E-state index in [4.69, 9.17) is 5.73 Å². The van der Waals surface area contributed by atoms with E-state index in [1.165, 1.54) is 6.07 Å². The van der Waals surface area contributed by atoms with Crippen LogP contribution in [0.2, 0.25) is 0 Å². The van der Waals surface area contributed by atoms with Gasteiger partial charge in [-0.15, -0.1) is 0 Å². The van der Waals surface area contributed by atoms with Gasteiger partial charge >= 0.3 is 0 Å². The number of halogens is 2. The van der Waals surface area contributed by atoms with Gasteiger partial charge in [0, 0.05) is 16.1 Å². The minimum Gasteiger partial charge on any atom is -0.326 e. The van der Waals surface area contributed by atoms with Gasteiger partial charge in [-0.25, -0.2) is 4.39 Å². The average molecular weight is 301 g/mol. The Morgan fingerprint density at radius 3 is 2.94 bits per heavy atom. The molecular weight excluding hydrogens is 283 g/mol. The summed E-state index contributed by atoms with van der Waals surface area (Å²) in [5, 5.41) is 0. The molecule has 2 nitrogen and oxygen atoms in total. The molecule has 1 aliphatic heterocycles. The molecule has 0 aliphatic carbocycles. The van der Waals surface area contributed by atoms with Crippen LogP contribution in [0.3, 0.4) is 0 Å². The molecule has 2 unspecified atom stereocenters. The number of likely N-dealkylation sites (N-methyl/N-ethyl adjacent to an activating group) is 1. The van der Waals surface area contributed by atoms with Gasteiger partial charge in [0.1, 0.15) is 5.82 Å². The number of nitrogens with zero attached hydrogens (tertiary/aromatic N) is 1. The monoisotopic (exact) mass is 300 g/mol. The minimum atomic E-state index is -0.164. The molecule has 0 spiro atoms. The maximum atomic E-state index is 13.9. The second kappa shape index (κ2) is 5.46. The Bertz CT molecular complexity index is 385. The van der Waals surface area contributed by atoms with Crippen molar-refractivity contribution in [2.75, 3.05) is 13.6 Å². The van der Waals surface area contributed by atoms with Gasteiger partial charge in [-0.1, -0.05) is 22.4 Å². The first-order valence-electron chi connectivity index (χ1n) is 6.00. The Morgan fingerprint density at radius 1 is 1.41 bits per heavy atom. The van der Waals surface area contributed by atoms with Gasteiger partial charge in [0.25, 0.3) is 0 Å². The van der Waals surface area contributed by atoms with E-state index in [0.29, 0.717) is 5.56 Å². The van der Waals surface area contributed by atoms with Gasteiger partial charge in [0.15, 0.2) is 0 Å². The van der Waals surface area contributed by atoms with Crippen molar-refractivity contribution in [2.45, 2.75) is 31.3 Å². The Balaban J connectivity index is 2.37. The molecule has 1 saturated heterocycles. The van der Waals surface area contributed by atoms with E-state index < -0.39 is 0 Å². The summed E-state index contributed by atoms with van der Waals surface area (Å²) in [7, 11) is 2.02. The molecule has 0 aromatic heterocycles. The second-order valence-corrected chi connectivity index (χ2v) is 5.67. The van der Waals surface area contributed by atoms with Crippen LogP contribution in [0, 0.1) is 5.82 Å². The van der Waals surface area contributed by atoms with Crippen molar-refractivity contribution in [2.24, 2.45) is 5.73 Å². The van der Waals surface area contributed by atoms with Crippen LogP contribution in [-0.4, -0.2) is 24.5 Å². The number of hydrogen-bond donors (Lipinski definition) is 1. The Hall–Kier alpha value is -0.450. The van der Waals surface area contributed by atoms with Crippen molar-refractivity contribution in [1.82, 2.24) is 4.90 Å². The fraction of sp³-hybridized carbons (Fsp3) is 0.538. The molecule has 0 radical (unpaired) electrons. The predicted octanol–water partition coefficient (Wildman–Crippen LogP) is 3.07. The zero-order valence-electron chi connectivity index (χ0n) is 10.00. The molecule has 17 heavy (non-hydrogen) atoms. The molecule has 94 valence electrons. The SMILES string of the molecule is CN1CCCCC(N)C1c1cc(Br)ccc1F. The highest BCUT2D eigenvalue weighted by Crippen LogP contribution is 2.31. The maximum Gasteiger partial charge on any atom is 0.128 e. The first kappa shape index (κ1) is 13.0. The van der Waals surface area contributed by atoms with Gasteiger partial charge in [0.2, 0.25) is 0 Å². The summed E-state index contributed by atoms with van der Waals surface area (Å²) in [4.78, 5) is 2.17. The summed E-state index contributed by atoms with van der Waals surface area (Å²) in [6.07, 6.45) is 3.22. The molecule has 2 N–H and O–H groups in total. The molecular formula is C13H18BrFN2. The van der Waals surface area contributed by atoms with Crippen LogP contribution in [0.5, 0.6) is 0 Å². The van der Waals surface area contributed by atoms with Gasteiger partial charge < -0.3 is 5.73 Å². The van der Waals surface area contributed by atoms with Crippen LogP contribution in [0.15, 0.2) is 22.7 Å². The van der Waals surface area contributed by atoms with Crippen LogP contribution < -0.4 is 5.73 Å². The summed E-state index contributed by atoms with van der Waals surface area (Å²) in [5.74, 6) is -0.164. The van der Waals surface area contributed by atoms with E-state index in [0.717, 1.165) is 30.3 Å². The molecule has 0 bridgehead atoms. The van der Waals surface area contributed by atoms with Gasteiger partial charge in [0.05, 0.1) is 6.04 Å². The van der Waals surface area contributed by atoms with Crippen molar-refractivity contribution in [3.05, 3.63) is 34.1 Å². The normalized spacial score (nSPS) is 26.8. The Labute approximate surface area is 110 Å². The van der Waals surface area contributed by atoms with Crippen LogP contribution in [0.25, 0.3) is 0 Å². The smallest absolute Gasteiger partial charge is 0.128 e. The molecule has 2 rings (SSSR count). The third kappa shape index (κ3) is 2.87. The van der Waals surface area contributed by atoms with E-state index in [9.17, 15) is 4.39 Å². The molecule has 0 saturated carbocycles. The molecule has 1 aliphatic rings. The van der Waals surface area contributed by atoms with Crippen molar-refractivity contribution < 1.29 is 4.39 Å². The lowest BCUT2D eigenvalue weighted by Crippen LogP contribution is -2.38. The standard InChI is InChI=1S/C13H18BrFN2/c1-17-7-3-2-4-12(16)13(17)10-8-9(14)5-6-11(10)15/h5-6,8,12-13H,2-4,7,16H2,1H3. The van der Waals surface area contributed by atoms with E-state index in [2.05, 4.69) is 20.8 Å². The van der Waals surface area contributed by atoms with Crippen LogP contribution in [0.4, 0.5) is 4.39 Å². The fourth-order valence-corrected chi connectivity index (χ4v) is 2.95. The highest BCUT2D eigenvalue weighted by atomic mass is 79.9. The van der Waals surface area contributed by atoms with Crippen LogP contribution in [-0.2, 0) is 0 Å². The number of nitrogens with two attached hydrogens (primary N) is 1. The molecule has 4 heteroatoms. The highest BCUT2D eigenvalue weighted by molar-refractivity contribution is 9.10. The molecule has 1 aromatic rings. The minimum absolute atomic E-state index is 0.00583. The van der Waals surface area contributed by atoms with Crippen molar-refractivity contribution in [3.63, 3.8) is 0 Å². The lowest BCUT2D eigenvalue weighted by atomic mass is 9.96. The van der Waals surface area contributed by atoms with E-state index in [-0.39, 0.29) is 17.9 Å². The second-order valence-electron chi connectivity index (χ2n) is 4.75. The van der Waals surface area contributed by atoms with E-state index in [1.807, 2.05) is 13.1 Å². The lowest BCUT2D eigenvalue weighted by Gasteiger charge is -2.30. The van der Waals surface area contributed by atoms with Gasteiger partial charge in [-0.2, -0.15) is 0 Å². The van der Waals surface area contributed by atoms with Gasteiger partial charge in [-0.05, 0) is 44.6 Å². The lowest BCUT2D eigenvalue weighted by molar-refractivity contribution is 0.225. The summed E-state index contributed by atoms with van der Waals surface area (Å²) in [5.41, 5.74) is 6.90. The quantitative estimate of drug-likeness (QED) is 0.864. The van der Waals surface area contributed by atoms with Crippen molar-refractivity contribution in [1.29, 1.82) is 0 Å². The first-order valence-corrected chi connectivity index (χ1v) is 6.79. The number of likely N-dealkylation sites (tertiary alicyclic amines) is 1. The molecule has 1 fully saturated rings. The zero-order chi connectivity index (χ0) is 12.4. The third-order valence-electron chi connectivity index (χ3n) is 3.46. The number of hydrogen-bond acceptors (Lipinski definition) is 2.